The summed E-state index contributed by atoms with van der Waals surface area (Å²) in [4.78, 5) is 24.3. The molecular weight excluding hydrogens is 428 g/mol. The zero-order chi connectivity index (χ0) is 23.2. The summed E-state index contributed by atoms with van der Waals surface area (Å²) in [7, 11) is 0. The highest BCUT2D eigenvalue weighted by atomic mass is 16.3. The van der Waals surface area contributed by atoms with Gasteiger partial charge in [0.2, 0.25) is 0 Å². The van der Waals surface area contributed by atoms with Crippen molar-refractivity contribution in [3.8, 4) is 11.3 Å². The normalized spacial score (nSPS) is 20.1. The molecule has 8 heteroatoms. The molecule has 3 aromatic rings. The van der Waals surface area contributed by atoms with Crippen LogP contribution in [-0.2, 0) is 19.5 Å². The van der Waals surface area contributed by atoms with Gasteiger partial charge < -0.3 is 25.2 Å². The molecule has 1 aromatic carbocycles. The first-order valence-corrected chi connectivity index (χ1v) is 12.2. The van der Waals surface area contributed by atoms with Crippen LogP contribution in [0.5, 0.6) is 0 Å². The lowest BCUT2D eigenvalue weighted by Crippen LogP contribution is -2.35. The van der Waals surface area contributed by atoms with Crippen LogP contribution in [0.1, 0.15) is 47.9 Å². The number of aliphatic hydroxyl groups excluding tert-OH is 1. The largest absolute Gasteiger partial charge is 0.393 e. The van der Waals surface area contributed by atoms with Crippen LogP contribution >= 0.6 is 0 Å². The zero-order valence-corrected chi connectivity index (χ0v) is 19.4. The van der Waals surface area contributed by atoms with E-state index in [1.54, 1.807) is 0 Å². The van der Waals surface area contributed by atoms with Crippen LogP contribution < -0.4 is 15.5 Å². The Kier molecular flexibility index (Phi) is 5.25. The van der Waals surface area contributed by atoms with E-state index in [9.17, 15) is 9.90 Å². The van der Waals surface area contributed by atoms with Crippen LogP contribution in [0.25, 0.3) is 11.3 Å². The highest BCUT2D eigenvalue weighted by Gasteiger charge is 2.29. The number of hydrogen-bond acceptors (Lipinski definition) is 6. The molecular formula is C26H30N6O2. The van der Waals surface area contributed by atoms with Crippen LogP contribution in [0.2, 0.25) is 0 Å². The smallest absolute Gasteiger partial charge is 0.254 e. The SMILES string of the molecule is C[C@@H]1CCn2c(-c3ccc(Nc4ccc(N5CCC(O)CC5)cn4)c4c3CNC4=O)cnc2C1. The number of carbonyl (C=O) groups is 1. The molecule has 3 aliphatic heterocycles. The lowest BCUT2D eigenvalue weighted by molar-refractivity contribution is 0.0966. The maximum absolute atomic E-state index is 12.8. The minimum atomic E-state index is -0.196. The van der Waals surface area contributed by atoms with Gasteiger partial charge in [-0.05, 0) is 48.9 Å². The fourth-order valence-corrected chi connectivity index (χ4v) is 5.41. The molecule has 0 unspecified atom stereocenters. The number of carbonyl (C=O) groups excluding carboxylic acids is 1. The van der Waals surface area contributed by atoms with Crippen molar-refractivity contribution in [2.24, 2.45) is 5.92 Å². The second kappa shape index (κ2) is 8.43. The number of aromatic nitrogens is 3. The molecule has 3 N–H and O–H groups in total. The molecule has 176 valence electrons. The van der Waals surface area contributed by atoms with Crippen molar-refractivity contribution in [1.82, 2.24) is 19.9 Å². The first-order chi connectivity index (χ1) is 16.6. The standard InChI is InChI=1S/C26H30N6O2/c1-16-6-11-32-22(15-28-24(32)12-16)19-3-4-21(25-20(19)14-29-26(25)34)30-23-5-2-17(13-27-23)31-9-7-18(33)8-10-31/h2-5,13,15-16,18,33H,6-12,14H2,1H3,(H,27,30)(H,29,34)/t16-/m1/s1. The van der Waals surface area contributed by atoms with Gasteiger partial charge in [-0.15, -0.1) is 0 Å². The average molecular weight is 459 g/mol. The topological polar surface area (TPSA) is 95.3 Å². The number of hydrogen-bond donors (Lipinski definition) is 3. The van der Waals surface area contributed by atoms with E-state index in [0.717, 1.165) is 79.3 Å². The Hall–Kier alpha value is -3.39. The van der Waals surface area contributed by atoms with Gasteiger partial charge in [0.15, 0.2) is 0 Å². The second-order valence-corrected chi connectivity index (χ2v) is 9.75. The molecule has 0 spiro atoms. The Balaban J connectivity index is 1.28. The van der Waals surface area contributed by atoms with Crippen molar-refractivity contribution >= 4 is 23.1 Å². The summed E-state index contributed by atoms with van der Waals surface area (Å²) in [5, 5.41) is 16.1. The van der Waals surface area contributed by atoms with Gasteiger partial charge in [-0.3, -0.25) is 4.79 Å². The van der Waals surface area contributed by atoms with Crippen molar-refractivity contribution in [3.05, 3.63) is 53.6 Å². The number of fused-ring (bicyclic) bond motifs is 2. The quantitative estimate of drug-likeness (QED) is 0.554. The zero-order valence-electron chi connectivity index (χ0n) is 19.4. The third-order valence-electron chi connectivity index (χ3n) is 7.40. The summed E-state index contributed by atoms with van der Waals surface area (Å²) < 4.78 is 2.31. The number of rotatable bonds is 4. The van der Waals surface area contributed by atoms with Crippen molar-refractivity contribution in [2.75, 3.05) is 23.3 Å². The molecule has 0 bridgehead atoms. The Bertz CT molecular complexity index is 1230. The summed E-state index contributed by atoms with van der Waals surface area (Å²) in [6, 6.07) is 8.06. The molecule has 1 saturated heterocycles. The minimum Gasteiger partial charge on any atom is -0.393 e. The van der Waals surface area contributed by atoms with Gasteiger partial charge in [-0.1, -0.05) is 13.0 Å². The van der Waals surface area contributed by atoms with E-state index in [0.29, 0.717) is 23.8 Å². The number of benzene rings is 1. The van der Waals surface area contributed by atoms with Crippen molar-refractivity contribution in [2.45, 2.75) is 51.8 Å². The van der Waals surface area contributed by atoms with Gasteiger partial charge in [-0.2, -0.15) is 0 Å². The molecule has 3 aliphatic rings. The number of imidazole rings is 1. The number of anilines is 3. The van der Waals surface area contributed by atoms with Crippen molar-refractivity contribution in [3.63, 3.8) is 0 Å². The molecule has 0 aliphatic carbocycles. The lowest BCUT2D eigenvalue weighted by atomic mass is 9.97. The third kappa shape index (κ3) is 3.72. The van der Waals surface area contributed by atoms with E-state index < -0.39 is 0 Å². The number of aliphatic hydroxyl groups is 1. The monoisotopic (exact) mass is 458 g/mol. The molecule has 1 fully saturated rings. The molecule has 5 heterocycles. The number of nitrogens with one attached hydrogen (secondary N) is 2. The lowest BCUT2D eigenvalue weighted by Gasteiger charge is -2.31. The fourth-order valence-electron chi connectivity index (χ4n) is 5.41. The molecule has 8 nitrogen and oxygen atoms in total. The Labute approximate surface area is 199 Å². The highest BCUT2D eigenvalue weighted by Crippen LogP contribution is 2.37. The Morgan fingerprint density at radius 2 is 1.91 bits per heavy atom. The first kappa shape index (κ1) is 21.2. The predicted octanol–water partition coefficient (Wildman–Crippen LogP) is 3.48. The fraction of sp³-hybridized carbons (Fsp3) is 0.423. The van der Waals surface area contributed by atoms with Crippen LogP contribution in [0, 0.1) is 5.92 Å². The van der Waals surface area contributed by atoms with Gasteiger partial charge in [0.25, 0.3) is 5.91 Å². The molecule has 0 saturated carbocycles. The molecule has 2 aromatic heterocycles. The van der Waals surface area contributed by atoms with Crippen LogP contribution in [0.4, 0.5) is 17.2 Å². The maximum atomic E-state index is 12.8. The summed E-state index contributed by atoms with van der Waals surface area (Å²) in [5.74, 6) is 2.43. The summed E-state index contributed by atoms with van der Waals surface area (Å²) in [5.41, 5.74) is 5.68. The van der Waals surface area contributed by atoms with Crippen LogP contribution in [-0.4, -0.2) is 44.7 Å². The molecule has 34 heavy (non-hydrogen) atoms. The van der Waals surface area contributed by atoms with E-state index in [2.05, 4.69) is 43.1 Å². The second-order valence-electron chi connectivity index (χ2n) is 9.75. The van der Waals surface area contributed by atoms with Gasteiger partial charge >= 0.3 is 0 Å². The van der Waals surface area contributed by atoms with Crippen molar-refractivity contribution in [1.29, 1.82) is 0 Å². The third-order valence-corrected chi connectivity index (χ3v) is 7.40. The molecule has 1 atom stereocenters. The number of piperidine rings is 1. The highest BCUT2D eigenvalue weighted by molar-refractivity contribution is 6.06. The summed E-state index contributed by atoms with van der Waals surface area (Å²) in [6.07, 6.45) is 7.33. The summed E-state index contributed by atoms with van der Waals surface area (Å²) in [6.45, 7) is 5.43. The van der Waals surface area contributed by atoms with Crippen LogP contribution in [0.3, 0.4) is 0 Å². The molecule has 1 amide bonds. The van der Waals surface area contributed by atoms with Gasteiger partial charge in [0.1, 0.15) is 11.6 Å². The Morgan fingerprint density at radius 3 is 2.71 bits per heavy atom. The number of pyridine rings is 1. The van der Waals surface area contributed by atoms with E-state index in [1.807, 2.05) is 30.6 Å². The Morgan fingerprint density at radius 1 is 1.06 bits per heavy atom. The number of nitrogens with zero attached hydrogens (tertiary/aromatic N) is 4. The van der Waals surface area contributed by atoms with E-state index in [1.165, 1.54) is 0 Å². The van der Waals surface area contributed by atoms with Crippen molar-refractivity contribution < 1.29 is 9.90 Å². The van der Waals surface area contributed by atoms with Crippen LogP contribution in [0.15, 0.2) is 36.7 Å². The van der Waals surface area contributed by atoms with Gasteiger partial charge in [0.05, 0.1) is 41.1 Å². The molecule has 6 rings (SSSR count). The summed E-state index contributed by atoms with van der Waals surface area (Å²) >= 11 is 0. The maximum Gasteiger partial charge on any atom is 0.254 e. The predicted molar refractivity (Wildman–Crippen MR) is 131 cm³/mol. The van der Waals surface area contributed by atoms with E-state index in [-0.39, 0.29) is 12.0 Å². The minimum absolute atomic E-state index is 0.0603. The van der Waals surface area contributed by atoms with E-state index >= 15 is 0 Å². The molecule has 0 radical (unpaired) electrons. The average Bonchev–Trinajstić information content (AvgIpc) is 3.44. The van der Waals surface area contributed by atoms with Gasteiger partial charge in [-0.25, -0.2) is 9.97 Å². The van der Waals surface area contributed by atoms with E-state index in [4.69, 9.17) is 0 Å². The first-order valence-electron chi connectivity index (χ1n) is 12.2. The van der Waals surface area contributed by atoms with Gasteiger partial charge in [0, 0.05) is 38.2 Å². The number of amides is 1.